The monoisotopic (exact) mass is 153 g/mol. The van der Waals surface area contributed by atoms with Crippen LogP contribution in [0.1, 0.15) is 13.8 Å². The first-order chi connectivity index (χ1) is 5.13. The molecule has 0 aromatic carbocycles. The zero-order valence-corrected chi connectivity index (χ0v) is 7.23. The Morgan fingerprint density at radius 2 is 2.00 bits per heavy atom. The average molecular weight is 153 g/mol. The maximum atomic E-state index is 7.38. The highest BCUT2D eigenvalue weighted by molar-refractivity contribution is 5.98. The van der Waals surface area contributed by atoms with Crippen LogP contribution < -0.4 is 11.1 Å². The third-order valence-corrected chi connectivity index (χ3v) is 1.45. The van der Waals surface area contributed by atoms with Gasteiger partial charge in [0.25, 0.3) is 0 Å². The summed E-state index contributed by atoms with van der Waals surface area (Å²) in [5.41, 5.74) is 7.53. The smallest absolute Gasteiger partial charge is 0.0373 e. The molecule has 0 radical (unpaired) electrons. The molecule has 0 rings (SSSR count). The van der Waals surface area contributed by atoms with Crippen molar-refractivity contribution in [3.05, 3.63) is 23.5 Å². The summed E-state index contributed by atoms with van der Waals surface area (Å²) in [6, 6.07) is 0. The van der Waals surface area contributed by atoms with Crippen LogP contribution in [0.15, 0.2) is 23.5 Å². The maximum absolute atomic E-state index is 7.38. The summed E-state index contributed by atoms with van der Waals surface area (Å²) in [7, 11) is 1.82. The van der Waals surface area contributed by atoms with E-state index in [9.17, 15) is 0 Å². The predicted octanol–water partition coefficient (Wildman–Crippen LogP) is 0.992. The highest BCUT2D eigenvalue weighted by Crippen LogP contribution is 2.03. The Labute approximate surface area is 67.5 Å². The number of nitrogens with one attached hydrogen (secondary N) is 2. The number of nitrogens with two attached hydrogens (primary N) is 1. The van der Waals surface area contributed by atoms with Gasteiger partial charge in [-0.25, -0.2) is 0 Å². The van der Waals surface area contributed by atoms with Gasteiger partial charge in [-0.3, -0.25) is 0 Å². The minimum Gasteiger partial charge on any atom is -0.405 e. The lowest BCUT2D eigenvalue weighted by Gasteiger charge is -2.05. The number of rotatable bonds is 3. The van der Waals surface area contributed by atoms with E-state index in [0.717, 1.165) is 11.3 Å². The van der Waals surface area contributed by atoms with Crippen molar-refractivity contribution in [1.82, 2.24) is 5.32 Å². The first kappa shape index (κ1) is 9.75. The third-order valence-electron chi connectivity index (χ3n) is 1.45. The molecule has 0 saturated heterocycles. The molecule has 0 aromatic heterocycles. The van der Waals surface area contributed by atoms with E-state index in [0.29, 0.717) is 5.71 Å². The van der Waals surface area contributed by atoms with Crippen molar-refractivity contribution < 1.29 is 0 Å². The highest BCUT2D eigenvalue weighted by Gasteiger charge is 1.98. The third kappa shape index (κ3) is 2.89. The minimum atomic E-state index is 0.513. The van der Waals surface area contributed by atoms with E-state index in [4.69, 9.17) is 11.1 Å². The molecule has 0 spiro atoms. The van der Waals surface area contributed by atoms with E-state index in [1.54, 1.807) is 13.0 Å². The van der Waals surface area contributed by atoms with Crippen LogP contribution in [0.5, 0.6) is 0 Å². The van der Waals surface area contributed by atoms with Crippen LogP contribution in [0.3, 0.4) is 0 Å². The van der Waals surface area contributed by atoms with Gasteiger partial charge in [0.2, 0.25) is 0 Å². The Kier molecular flexibility index (Phi) is 4.03. The summed E-state index contributed by atoms with van der Waals surface area (Å²) < 4.78 is 0. The molecule has 0 atom stereocenters. The van der Waals surface area contributed by atoms with Gasteiger partial charge >= 0.3 is 0 Å². The Morgan fingerprint density at radius 1 is 1.45 bits per heavy atom. The van der Waals surface area contributed by atoms with E-state index < -0.39 is 0 Å². The molecular weight excluding hydrogens is 138 g/mol. The topological polar surface area (TPSA) is 61.9 Å². The van der Waals surface area contributed by atoms with Gasteiger partial charge in [-0.15, -0.1) is 0 Å². The summed E-state index contributed by atoms with van der Waals surface area (Å²) in [6.07, 6.45) is 3.16. The second-order valence-corrected chi connectivity index (χ2v) is 2.27. The summed E-state index contributed by atoms with van der Waals surface area (Å²) >= 11 is 0. The molecule has 62 valence electrons. The molecule has 0 aliphatic carbocycles. The molecule has 0 aromatic rings. The van der Waals surface area contributed by atoms with Crippen LogP contribution in [-0.2, 0) is 0 Å². The van der Waals surface area contributed by atoms with Crippen molar-refractivity contribution in [2.24, 2.45) is 5.73 Å². The van der Waals surface area contributed by atoms with Gasteiger partial charge in [-0.05, 0) is 26.1 Å². The first-order valence-corrected chi connectivity index (χ1v) is 3.46. The van der Waals surface area contributed by atoms with Crippen molar-refractivity contribution in [1.29, 1.82) is 5.41 Å². The fourth-order valence-corrected chi connectivity index (χ4v) is 0.762. The lowest BCUT2D eigenvalue weighted by Crippen LogP contribution is -2.09. The molecule has 0 aliphatic heterocycles. The van der Waals surface area contributed by atoms with Gasteiger partial charge in [-0.2, -0.15) is 0 Å². The molecule has 0 bridgehead atoms. The lowest BCUT2D eigenvalue weighted by atomic mass is 10.1. The molecule has 0 amide bonds. The summed E-state index contributed by atoms with van der Waals surface area (Å²) in [5.74, 6) is 0. The molecule has 3 nitrogen and oxygen atoms in total. The van der Waals surface area contributed by atoms with Gasteiger partial charge < -0.3 is 16.5 Å². The van der Waals surface area contributed by atoms with Crippen molar-refractivity contribution in [2.75, 3.05) is 7.05 Å². The molecule has 0 aliphatic rings. The number of allylic oxidation sites excluding steroid dienone is 3. The molecule has 0 unspecified atom stereocenters. The average Bonchev–Trinajstić information content (AvgIpc) is 1.98. The van der Waals surface area contributed by atoms with Crippen molar-refractivity contribution in [2.45, 2.75) is 13.8 Å². The second kappa shape index (κ2) is 4.55. The normalized spacial score (nSPS) is 13.0. The SMILES string of the molecule is CN/C(C)=C(\C=C/N)C(C)=N. The van der Waals surface area contributed by atoms with Gasteiger partial charge in [0.05, 0.1) is 0 Å². The predicted molar refractivity (Wildman–Crippen MR) is 48.5 cm³/mol. The molecule has 0 heterocycles. The molecule has 4 N–H and O–H groups in total. The standard InChI is InChI=1S/C8H15N3/c1-6(10)8(4-5-9)7(2)11-3/h4-5,10-11H,9H2,1-3H3/b5-4-,8-7+,10-6?. The van der Waals surface area contributed by atoms with Crippen LogP contribution in [0, 0.1) is 5.41 Å². The second-order valence-electron chi connectivity index (χ2n) is 2.27. The molecule has 3 heteroatoms. The van der Waals surface area contributed by atoms with Crippen molar-refractivity contribution in [3.63, 3.8) is 0 Å². The van der Waals surface area contributed by atoms with E-state index in [-0.39, 0.29) is 0 Å². The lowest BCUT2D eigenvalue weighted by molar-refractivity contribution is 0.980. The van der Waals surface area contributed by atoms with Gasteiger partial charge in [0.1, 0.15) is 0 Å². The van der Waals surface area contributed by atoms with E-state index in [1.807, 2.05) is 14.0 Å². The van der Waals surface area contributed by atoms with Crippen molar-refractivity contribution in [3.8, 4) is 0 Å². The Morgan fingerprint density at radius 3 is 2.27 bits per heavy atom. The van der Waals surface area contributed by atoms with Gasteiger partial charge in [0, 0.05) is 24.0 Å². The Hall–Kier alpha value is -1.25. The van der Waals surface area contributed by atoms with Crippen LogP contribution >= 0.6 is 0 Å². The van der Waals surface area contributed by atoms with Gasteiger partial charge in [-0.1, -0.05) is 0 Å². The van der Waals surface area contributed by atoms with Crippen LogP contribution in [-0.4, -0.2) is 12.8 Å². The number of hydrogen-bond acceptors (Lipinski definition) is 3. The zero-order valence-electron chi connectivity index (χ0n) is 7.23. The highest BCUT2D eigenvalue weighted by atomic mass is 14.8. The minimum absolute atomic E-state index is 0.513. The Bertz CT molecular complexity index is 201. The van der Waals surface area contributed by atoms with Crippen LogP contribution in [0.2, 0.25) is 0 Å². The van der Waals surface area contributed by atoms with E-state index >= 15 is 0 Å². The summed E-state index contributed by atoms with van der Waals surface area (Å²) in [6.45, 7) is 3.64. The molecule has 0 saturated carbocycles. The van der Waals surface area contributed by atoms with Gasteiger partial charge in [0.15, 0.2) is 0 Å². The zero-order chi connectivity index (χ0) is 8.85. The number of hydrogen-bond donors (Lipinski definition) is 3. The van der Waals surface area contributed by atoms with Crippen LogP contribution in [0.4, 0.5) is 0 Å². The van der Waals surface area contributed by atoms with E-state index in [2.05, 4.69) is 5.32 Å². The summed E-state index contributed by atoms with van der Waals surface area (Å²) in [5, 5.41) is 10.3. The van der Waals surface area contributed by atoms with Crippen molar-refractivity contribution >= 4 is 5.71 Å². The fourth-order valence-electron chi connectivity index (χ4n) is 0.762. The largest absolute Gasteiger partial charge is 0.405 e. The van der Waals surface area contributed by atoms with E-state index in [1.165, 1.54) is 6.20 Å². The summed E-state index contributed by atoms with van der Waals surface area (Å²) in [4.78, 5) is 0. The molecular formula is C8H15N3. The molecule has 0 fully saturated rings. The quantitative estimate of drug-likeness (QED) is 0.418. The van der Waals surface area contributed by atoms with Crippen LogP contribution in [0.25, 0.3) is 0 Å². The fraction of sp³-hybridized carbons (Fsp3) is 0.375. The first-order valence-electron chi connectivity index (χ1n) is 3.46. The molecule has 11 heavy (non-hydrogen) atoms. The Balaban J connectivity index is 4.72. The maximum Gasteiger partial charge on any atom is 0.0373 e.